The summed E-state index contributed by atoms with van der Waals surface area (Å²) in [7, 11) is 0. The van der Waals surface area contributed by atoms with Gasteiger partial charge in [-0.25, -0.2) is 9.78 Å². The van der Waals surface area contributed by atoms with Crippen molar-refractivity contribution in [3.05, 3.63) is 58.8 Å². The molecular weight excluding hydrogens is 428 g/mol. The van der Waals surface area contributed by atoms with E-state index in [2.05, 4.69) is 24.9 Å². The quantitative estimate of drug-likeness (QED) is 0.556. The molecule has 7 heteroatoms. The van der Waals surface area contributed by atoms with E-state index in [1.807, 2.05) is 52.2 Å². The molecule has 5 rings (SSSR count). The lowest BCUT2D eigenvalue weighted by Crippen LogP contribution is -2.51. The molecule has 1 saturated carbocycles. The van der Waals surface area contributed by atoms with Crippen molar-refractivity contribution in [2.45, 2.75) is 83.5 Å². The van der Waals surface area contributed by atoms with Gasteiger partial charge < -0.3 is 15.2 Å². The highest BCUT2D eigenvalue weighted by Gasteiger charge is 2.49. The van der Waals surface area contributed by atoms with E-state index in [0.717, 1.165) is 46.3 Å². The van der Waals surface area contributed by atoms with Crippen molar-refractivity contribution in [2.24, 2.45) is 5.73 Å². The summed E-state index contributed by atoms with van der Waals surface area (Å²) in [5.74, 6) is 0.284. The Kier molecular flexibility index (Phi) is 4.99. The lowest BCUT2D eigenvalue weighted by atomic mass is 9.71. The number of nitrogens with zero attached hydrogens (tertiary/aromatic N) is 3. The van der Waals surface area contributed by atoms with Crippen LogP contribution < -0.4 is 10.5 Å². The van der Waals surface area contributed by atoms with Crippen molar-refractivity contribution in [3.63, 3.8) is 0 Å². The zero-order valence-corrected chi connectivity index (χ0v) is 20.7. The van der Waals surface area contributed by atoms with Crippen LogP contribution in [0.2, 0.25) is 0 Å². The van der Waals surface area contributed by atoms with Gasteiger partial charge in [0.15, 0.2) is 0 Å². The van der Waals surface area contributed by atoms with Gasteiger partial charge >= 0.3 is 5.97 Å². The fourth-order valence-electron chi connectivity index (χ4n) is 4.33. The molecule has 34 heavy (non-hydrogen) atoms. The van der Waals surface area contributed by atoms with Gasteiger partial charge in [-0.05, 0) is 69.7 Å². The van der Waals surface area contributed by atoms with Gasteiger partial charge in [-0.15, -0.1) is 0 Å². The van der Waals surface area contributed by atoms with E-state index < -0.39 is 16.6 Å². The molecule has 0 spiro atoms. The SMILES string of the molecule is CC(C)(N)c1cnc(OC2CC2)c2cnc(Cc3ccc4c(n3)C(C)(C)C(C)(C)OC4=O)cc12. The first-order chi connectivity index (χ1) is 15.9. The zero-order valence-electron chi connectivity index (χ0n) is 20.7. The van der Waals surface area contributed by atoms with Crippen molar-refractivity contribution in [2.75, 3.05) is 0 Å². The zero-order chi connectivity index (χ0) is 24.5. The Morgan fingerprint density at radius 1 is 1.09 bits per heavy atom. The van der Waals surface area contributed by atoms with E-state index in [-0.39, 0.29) is 12.1 Å². The second-order valence-corrected chi connectivity index (χ2v) is 11.1. The average Bonchev–Trinajstić information content (AvgIpc) is 3.55. The number of hydrogen-bond acceptors (Lipinski definition) is 7. The van der Waals surface area contributed by atoms with Crippen molar-refractivity contribution < 1.29 is 14.3 Å². The van der Waals surface area contributed by atoms with Gasteiger partial charge in [-0.3, -0.25) is 9.97 Å². The summed E-state index contributed by atoms with van der Waals surface area (Å²) >= 11 is 0. The van der Waals surface area contributed by atoms with Crippen LogP contribution >= 0.6 is 0 Å². The van der Waals surface area contributed by atoms with Gasteiger partial charge in [-0.1, -0.05) is 13.8 Å². The second-order valence-electron chi connectivity index (χ2n) is 11.1. The minimum Gasteiger partial charge on any atom is -0.474 e. The molecule has 7 nitrogen and oxygen atoms in total. The van der Waals surface area contributed by atoms with Crippen molar-refractivity contribution in [3.8, 4) is 5.88 Å². The molecule has 4 heterocycles. The molecule has 1 fully saturated rings. The fraction of sp³-hybridized carbons (Fsp3) is 0.481. The minimum absolute atomic E-state index is 0.242. The van der Waals surface area contributed by atoms with E-state index in [9.17, 15) is 4.79 Å². The van der Waals surface area contributed by atoms with Crippen LogP contribution in [0, 0.1) is 0 Å². The summed E-state index contributed by atoms with van der Waals surface area (Å²) in [4.78, 5) is 26.7. The standard InChI is InChI=1S/C27H32N4O3/c1-25(2)22-18(24(32)34-27(25,5)6)10-7-15(31-22)11-16-12-19-20(13-29-16)23(33-17-8-9-17)30-14-21(19)26(3,4)28/h7,10,12-14,17H,8-9,11,28H2,1-6H3. The van der Waals surface area contributed by atoms with E-state index in [1.54, 1.807) is 0 Å². The van der Waals surface area contributed by atoms with Gasteiger partial charge in [0, 0.05) is 41.2 Å². The third kappa shape index (κ3) is 3.82. The second kappa shape index (κ2) is 7.47. The highest BCUT2D eigenvalue weighted by Crippen LogP contribution is 2.42. The lowest BCUT2D eigenvalue weighted by Gasteiger charge is -2.44. The summed E-state index contributed by atoms with van der Waals surface area (Å²) in [6, 6.07) is 5.76. The molecule has 0 radical (unpaired) electrons. The van der Waals surface area contributed by atoms with Crippen LogP contribution in [0.5, 0.6) is 5.88 Å². The number of esters is 1. The first-order valence-corrected chi connectivity index (χ1v) is 11.8. The van der Waals surface area contributed by atoms with Gasteiger partial charge in [0.05, 0.1) is 16.6 Å². The number of nitrogens with two attached hydrogens (primary N) is 1. The predicted molar refractivity (Wildman–Crippen MR) is 130 cm³/mol. The minimum atomic E-state index is -0.656. The van der Waals surface area contributed by atoms with Crippen LogP contribution in [-0.2, 0) is 22.1 Å². The Bertz CT molecular complexity index is 1300. The molecule has 0 saturated heterocycles. The van der Waals surface area contributed by atoms with E-state index in [4.69, 9.17) is 25.2 Å². The largest absolute Gasteiger partial charge is 0.474 e. The molecule has 178 valence electrons. The van der Waals surface area contributed by atoms with E-state index >= 15 is 0 Å². The average molecular weight is 461 g/mol. The number of carbonyl (C=O) groups excluding carboxylic acids is 1. The molecule has 1 aliphatic heterocycles. The molecule has 3 aromatic rings. The molecule has 3 aromatic heterocycles. The fourth-order valence-corrected chi connectivity index (χ4v) is 4.33. The Hall–Kier alpha value is -3.06. The molecule has 0 aromatic carbocycles. The Morgan fingerprint density at radius 2 is 1.82 bits per heavy atom. The highest BCUT2D eigenvalue weighted by atomic mass is 16.6. The summed E-state index contributed by atoms with van der Waals surface area (Å²) in [6.45, 7) is 11.9. The molecule has 0 unspecified atom stereocenters. The normalized spacial score (nSPS) is 19.0. The molecular formula is C27H32N4O3. The number of ether oxygens (including phenoxy) is 2. The van der Waals surface area contributed by atoms with Gasteiger partial charge in [0.1, 0.15) is 11.7 Å². The maximum absolute atomic E-state index is 12.5. The smallest absolute Gasteiger partial charge is 0.340 e. The number of rotatable bonds is 5. The first kappa shape index (κ1) is 22.7. The molecule has 2 aliphatic rings. The maximum Gasteiger partial charge on any atom is 0.340 e. The third-order valence-electron chi connectivity index (χ3n) is 7.27. The van der Waals surface area contributed by atoms with Gasteiger partial charge in [0.25, 0.3) is 0 Å². The number of carbonyl (C=O) groups is 1. The molecule has 0 bridgehead atoms. The van der Waals surface area contributed by atoms with Crippen LogP contribution in [0.4, 0.5) is 0 Å². The highest BCUT2D eigenvalue weighted by molar-refractivity contribution is 5.93. The van der Waals surface area contributed by atoms with E-state index in [0.29, 0.717) is 17.9 Å². The van der Waals surface area contributed by atoms with Gasteiger partial charge in [0.2, 0.25) is 5.88 Å². The Labute approximate surface area is 200 Å². The predicted octanol–water partition coefficient (Wildman–Crippen LogP) is 4.58. The Morgan fingerprint density at radius 3 is 2.50 bits per heavy atom. The van der Waals surface area contributed by atoms with Crippen molar-refractivity contribution >= 4 is 16.7 Å². The Balaban J connectivity index is 1.55. The first-order valence-electron chi connectivity index (χ1n) is 11.8. The van der Waals surface area contributed by atoms with Crippen LogP contribution in [0.25, 0.3) is 10.8 Å². The third-order valence-corrected chi connectivity index (χ3v) is 7.27. The molecule has 2 N–H and O–H groups in total. The maximum atomic E-state index is 12.5. The molecule has 0 amide bonds. The monoisotopic (exact) mass is 460 g/mol. The lowest BCUT2D eigenvalue weighted by molar-refractivity contribution is -0.0447. The molecule has 0 atom stereocenters. The van der Waals surface area contributed by atoms with Crippen molar-refractivity contribution in [1.82, 2.24) is 15.0 Å². The number of pyridine rings is 3. The number of cyclic esters (lactones) is 1. The van der Waals surface area contributed by atoms with Gasteiger partial charge in [-0.2, -0.15) is 0 Å². The van der Waals surface area contributed by atoms with Crippen LogP contribution in [0.15, 0.2) is 30.6 Å². The topological polar surface area (TPSA) is 100 Å². The van der Waals surface area contributed by atoms with Crippen LogP contribution in [0.1, 0.15) is 87.4 Å². The summed E-state index contributed by atoms with van der Waals surface area (Å²) in [5, 5.41) is 1.86. The van der Waals surface area contributed by atoms with Crippen molar-refractivity contribution in [1.29, 1.82) is 0 Å². The number of aromatic nitrogens is 3. The van der Waals surface area contributed by atoms with Crippen LogP contribution in [-0.4, -0.2) is 32.6 Å². The summed E-state index contributed by atoms with van der Waals surface area (Å²) in [5.41, 5.74) is 8.77. The van der Waals surface area contributed by atoms with Crippen LogP contribution in [0.3, 0.4) is 0 Å². The summed E-state index contributed by atoms with van der Waals surface area (Å²) < 4.78 is 11.7. The number of hydrogen-bond donors (Lipinski definition) is 1. The summed E-state index contributed by atoms with van der Waals surface area (Å²) in [6.07, 6.45) is 6.53. The number of fused-ring (bicyclic) bond motifs is 2. The molecule has 1 aliphatic carbocycles. The van der Waals surface area contributed by atoms with E-state index in [1.165, 1.54) is 0 Å².